The lowest BCUT2D eigenvalue weighted by Crippen LogP contribution is -2.36. The smallest absolute Gasteiger partial charge is 0.170 e. The Balaban J connectivity index is 1.77. The summed E-state index contributed by atoms with van der Waals surface area (Å²) in [6.07, 6.45) is 0. The molecule has 22 heavy (non-hydrogen) atoms. The Hall–Kier alpha value is -2.53. The van der Waals surface area contributed by atoms with E-state index in [1.807, 2.05) is 48.5 Å². The number of hydrogen-bond acceptors (Lipinski definition) is 4. The zero-order valence-electron chi connectivity index (χ0n) is 12.8. The van der Waals surface area contributed by atoms with Gasteiger partial charge in [0.05, 0.1) is 12.2 Å². The summed E-state index contributed by atoms with van der Waals surface area (Å²) in [6.45, 7) is 4.89. The van der Waals surface area contributed by atoms with E-state index in [-0.39, 0.29) is 5.54 Å². The van der Waals surface area contributed by atoms with Crippen molar-refractivity contribution in [1.82, 2.24) is 25.5 Å². The first kappa shape index (κ1) is 14.4. The van der Waals surface area contributed by atoms with Crippen LogP contribution in [0.1, 0.15) is 25.2 Å². The number of hydrogen-bond donors (Lipinski definition) is 1. The zero-order valence-corrected chi connectivity index (χ0v) is 12.8. The summed E-state index contributed by atoms with van der Waals surface area (Å²) in [5.74, 6) is 0.787. The largest absolute Gasteiger partial charge is 0.301 e. The molecular weight excluding hydrogens is 274 g/mol. The summed E-state index contributed by atoms with van der Waals surface area (Å²) in [7, 11) is 0. The highest BCUT2D eigenvalue weighted by Gasteiger charge is 2.20. The van der Waals surface area contributed by atoms with Crippen LogP contribution >= 0.6 is 0 Å². The highest BCUT2D eigenvalue weighted by atomic mass is 15.5. The second-order valence-corrected chi connectivity index (χ2v) is 5.69. The van der Waals surface area contributed by atoms with Crippen LogP contribution in [0.5, 0.6) is 0 Å². The van der Waals surface area contributed by atoms with Gasteiger partial charge in [0.25, 0.3) is 0 Å². The van der Waals surface area contributed by atoms with Crippen LogP contribution in [0.4, 0.5) is 0 Å². The van der Waals surface area contributed by atoms with Crippen molar-refractivity contribution in [2.24, 2.45) is 0 Å². The third-order valence-corrected chi connectivity index (χ3v) is 3.72. The third kappa shape index (κ3) is 3.04. The van der Waals surface area contributed by atoms with Crippen LogP contribution in [0.25, 0.3) is 5.69 Å². The van der Waals surface area contributed by atoms with Gasteiger partial charge < -0.3 is 5.32 Å². The molecule has 1 N–H and O–H groups in total. The predicted molar refractivity (Wildman–Crippen MR) is 85.5 cm³/mol. The van der Waals surface area contributed by atoms with Crippen LogP contribution in [0.3, 0.4) is 0 Å². The molecule has 0 saturated carbocycles. The second kappa shape index (κ2) is 6.07. The Morgan fingerprint density at radius 2 is 1.59 bits per heavy atom. The van der Waals surface area contributed by atoms with Gasteiger partial charge in [0.15, 0.2) is 5.82 Å². The molecule has 1 heterocycles. The molecule has 0 aliphatic heterocycles. The van der Waals surface area contributed by atoms with Crippen molar-refractivity contribution in [3.8, 4) is 5.69 Å². The molecule has 112 valence electrons. The van der Waals surface area contributed by atoms with E-state index >= 15 is 0 Å². The quantitative estimate of drug-likeness (QED) is 0.786. The lowest BCUT2D eigenvalue weighted by atomic mass is 9.94. The van der Waals surface area contributed by atoms with Crippen LogP contribution in [-0.4, -0.2) is 20.2 Å². The molecule has 0 atom stereocenters. The molecule has 0 spiro atoms. The maximum absolute atomic E-state index is 4.13. The van der Waals surface area contributed by atoms with Gasteiger partial charge in [-0.3, -0.25) is 0 Å². The van der Waals surface area contributed by atoms with Crippen LogP contribution in [0.2, 0.25) is 0 Å². The molecule has 0 aliphatic rings. The van der Waals surface area contributed by atoms with Crippen LogP contribution in [-0.2, 0) is 12.1 Å². The molecule has 3 aromatic rings. The number of rotatable bonds is 5. The minimum atomic E-state index is -0.158. The molecule has 5 heteroatoms. The van der Waals surface area contributed by atoms with E-state index in [0.29, 0.717) is 6.54 Å². The topological polar surface area (TPSA) is 55.6 Å². The lowest BCUT2D eigenvalue weighted by molar-refractivity contribution is 0.393. The van der Waals surface area contributed by atoms with Crippen molar-refractivity contribution in [2.45, 2.75) is 25.9 Å². The lowest BCUT2D eigenvalue weighted by Gasteiger charge is -2.26. The van der Waals surface area contributed by atoms with Crippen LogP contribution in [0, 0.1) is 0 Å². The summed E-state index contributed by atoms with van der Waals surface area (Å²) in [6, 6.07) is 20.3. The first-order valence-corrected chi connectivity index (χ1v) is 7.30. The molecule has 2 aromatic carbocycles. The van der Waals surface area contributed by atoms with Crippen molar-refractivity contribution < 1.29 is 0 Å². The second-order valence-electron chi connectivity index (χ2n) is 5.69. The van der Waals surface area contributed by atoms with Gasteiger partial charge in [-0.25, -0.2) is 0 Å². The Kier molecular flexibility index (Phi) is 3.98. The summed E-state index contributed by atoms with van der Waals surface area (Å²) in [4.78, 5) is 0. The van der Waals surface area contributed by atoms with E-state index < -0.39 is 0 Å². The van der Waals surface area contributed by atoms with Gasteiger partial charge in [-0.15, -0.1) is 5.10 Å². The van der Waals surface area contributed by atoms with Crippen LogP contribution in [0.15, 0.2) is 60.7 Å². The highest BCUT2D eigenvalue weighted by molar-refractivity contribution is 5.30. The van der Waals surface area contributed by atoms with Gasteiger partial charge in [-0.2, -0.15) is 4.68 Å². The van der Waals surface area contributed by atoms with Gasteiger partial charge >= 0.3 is 0 Å². The minimum Gasteiger partial charge on any atom is -0.301 e. The van der Waals surface area contributed by atoms with Crippen molar-refractivity contribution in [3.05, 3.63) is 72.1 Å². The monoisotopic (exact) mass is 293 g/mol. The van der Waals surface area contributed by atoms with Gasteiger partial charge in [0.1, 0.15) is 0 Å². The first-order chi connectivity index (χ1) is 10.7. The normalized spacial score (nSPS) is 11.5. The van der Waals surface area contributed by atoms with Gasteiger partial charge in [-0.1, -0.05) is 48.5 Å². The number of tetrazole rings is 1. The molecule has 1 aromatic heterocycles. The third-order valence-electron chi connectivity index (χ3n) is 3.72. The molecule has 0 bridgehead atoms. The summed E-state index contributed by atoms with van der Waals surface area (Å²) >= 11 is 0. The molecule has 0 unspecified atom stereocenters. The maximum atomic E-state index is 4.13. The fourth-order valence-corrected chi connectivity index (χ4v) is 2.34. The number of benzene rings is 2. The first-order valence-electron chi connectivity index (χ1n) is 7.30. The fourth-order valence-electron chi connectivity index (χ4n) is 2.34. The molecule has 0 amide bonds. The van der Waals surface area contributed by atoms with Crippen molar-refractivity contribution in [1.29, 1.82) is 0 Å². The molecule has 0 fully saturated rings. The van der Waals surface area contributed by atoms with Crippen LogP contribution < -0.4 is 5.32 Å². The van der Waals surface area contributed by atoms with Crippen molar-refractivity contribution >= 4 is 0 Å². The minimum absolute atomic E-state index is 0.158. The number of aromatic nitrogens is 4. The molecule has 5 nitrogen and oxygen atoms in total. The highest BCUT2D eigenvalue weighted by Crippen LogP contribution is 2.20. The number of para-hydroxylation sites is 1. The van der Waals surface area contributed by atoms with E-state index in [1.165, 1.54) is 5.56 Å². The standard InChI is InChI=1S/C17H19N5/c1-17(2,14-9-5-3-6-10-14)18-13-16-19-20-21-22(16)15-11-7-4-8-12-15/h3-12,18H,13H2,1-2H3. The summed E-state index contributed by atoms with van der Waals surface area (Å²) in [5, 5.41) is 15.5. The summed E-state index contributed by atoms with van der Waals surface area (Å²) in [5.41, 5.74) is 2.03. The Bertz CT molecular complexity index is 719. The molecule has 0 saturated heterocycles. The van der Waals surface area contributed by atoms with E-state index in [0.717, 1.165) is 11.5 Å². The van der Waals surface area contributed by atoms with Gasteiger partial charge in [-0.05, 0) is 42.0 Å². The predicted octanol–water partition coefficient (Wildman–Crippen LogP) is 2.69. The summed E-state index contributed by atoms with van der Waals surface area (Å²) < 4.78 is 1.76. The average Bonchev–Trinajstić information content (AvgIpc) is 3.03. The molecule has 0 radical (unpaired) electrons. The number of nitrogens with one attached hydrogen (secondary N) is 1. The Morgan fingerprint density at radius 1 is 0.955 bits per heavy atom. The van der Waals surface area contributed by atoms with E-state index in [9.17, 15) is 0 Å². The van der Waals surface area contributed by atoms with E-state index in [2.05, 4.69) is 46.8 Å². The Labute approximate surface area is 130 Å². The average molecular weight is 293 g/mol. The number of nitrogens with zero attached hydrogens (tertiary/aromatic N) is 4. The van der Waals surface area contributed by atoms with Crippen molar-refractivity contribution in [2.75, 3.05) is 0 Å². The molecule has 0 aliphatic carbocycles. The zero-order chi connectivity index (χ0) is 15.4. The Morgan fingerprint density at radius 3 is 2.27 bits per heavy atom. The van der Waals surface area contributed by atoms with Gasteiger partial charge in [0, 0.05) is 5.54 Å². The van der Waals surface area contributed by atoms with E-state index in [4.69, 9.17) is 0 Å². The van der Waals surface area contributed by atoms with Crippen molar-refractivity contribution in [3.63, 3.8) is 0 Å². The SMILES string of the molecule is CC(C)(NCc1nnnn1-c1ccccc1)c1ccccc1. The fraction of sp³-hybridized carbons (Fsp3) is 0.235. The van der Waals surface area contributed by atoms with Gasteiger partial charge in [0.2, 0.25) is 0 Å². The maximum Gasteiger partial charge on any atom is 0.170 e. The molecule has 3 rings (SSSR count). The van der Waals surface area contributed by atoms with E-state index in [1.54, 1.807) is 4.68 Å². The molecular formula is C17H19N5.